The fourth-order valence-corrected chi connectivity index (χ4v) is 3.57. The second-order valence-electron chi connectivity index (χ2n) is 5.23. The molecule has 0 radical (unpaired) electrons. The number of hydrogen-bond acceptors (Lipinski definition) is 5. The first kappa shape index (κ1) is 14.9. The summed E-state index contributed by atoms with van der Waals surface area (Å²) in [7, 11) is 0. The van der Waals surface area contributed by atoms with Gasteiger partial charge >= 0.3 is 0 Å². The van der Waals surface area contributed by atoms with Crippen LogP contribution < -0.4 is 5.73 Å². The average molecular weight is 363 g/mol. The number of rotatable bonds is 2. The van der Waals surface area contributed by atoms with E-state index in [0.29, 0.717) is 30.7 Å². The van der Waals surface area contributed by atoms with Gasteiger partial charge in [-0.15, -0.1) is 0 Å². The molecular formula is C15H15BrN4O2. The number of nitrogens with zero attached hydrogens (tertiary/aromatic N) is 3. The Balaban J connectivity index is 2.25. The quantitative estimate of drug-likeness (QED) is 0.871. The number of hydrogen-bond donors (Lipinski definition) is 1. The molecule has 114 valence electrons. The van der Waals surface area contributed by atoms with Crippen molar-refractivity contribution in [2.45, 2.75) is 38.6 Å². The minimum atomic E-state index is -0.515. The summed E-state index contributed by atoms with van der Waals surface area (Å²) in [6.07, 6.45) is 3.55. The average Bonchev–Trinajstić information content (AvgIpc) is 2.86. The van der Waals surface area contributed by atoms with Crippen molar-refractivity contribution in [2.24, 2.45) is 5.73 Å². The third-order valence-electron chi connectivity index (χ3n) is 4.01. The molecule has 6 nitrogen and oxygen atoms in total. The smallest absolute Gasteiger partial charge is 0.205 e. The lowest BCUT2D eigenvalue weighted by Crippen LogP contribution is -2.28. The third kappa shape index (κ3) is 2.15. The molecule has 1 aromatic rings. The zero-order valence-electron chi connectivity index (χ0n) is 12.1. The Morgan fingerprint density at radius 2 is 2.36 bits per heavy atom. The molecule has 2 heterocycles. The number of aromatic nitrogens is 2. The second kappa shape index (κ2) is 5.61. The molecule has 2 N–H and O–H groups in total. The van der Waals surface area contributed by atoms with Crippen LogP contribution in [0.2, 0.25) is 0 Å². The van der Waals surface area contributed by atoms with Crippen LogP contribution in [0.3, 0.4) is 0 Å². The Hall–Kier alpha value is -2.07. The Kier molecular flexibility index (Phi) is 3.79. The molecule has 0 fully saturated rings. The molecule has 1 atom stereocenters. The highest BCUT2D eigenvalue weighted by Crippen LogP contribution is 2.45. The van der Waals surface area contributed by atoms with Crippen molar-refractivity contribution >= 4 is 21.7 Å². The fourth-order valence-electron chi connectivity index (χ4n) is 3.04. The minimum absolute atomic E-state index is 0.0160. The largest absolute Gasteiger partial charge is 0.444 e. The number of carbonyl (C=O) groups excluding carboxylic acids is 1. The molecule has 22 heavy (non-hydrogen) atoms. The van der Waals surface area contributed by atoms with E-state index in [0.717, 1.165) is 16.6 Å². The standard InChI is InChI=1S/C15H15BrN4O2/c1-2-20-14(9(16)7-19-20)12-8(6-17)15(18)22-11-5-3-4-10(21)13(11)12/h7,12H,2-5,18H2,1H3. The van der Waals surface area contributed by atoms with Gasteiger partial charge in [-0.05, 0) is 29.3 Å². The molecule has 1 unspecified atom stereocenters. The van der Waals surface area contributed by atoms with E-state index >= 15 is 0 Å². The lowest BCUT2D eigenvalue weighted by molar-refractivity contribution is -0.116. The summed E-state index contributed by atoms with van der Waals surface area (Å²) < 4.78 is 8.09. The van der Waals surface area contributed by atoms with Gasteiger partial charge < -0.3 is 10.5 Å². The van der Waals surface area contributed by atoms with Gasteiger partial charge in [-0.2, -0.15) is 10.4 Å². The van der Waals surface area contributed by atoms with Gasteiger partial charge in [0.2, 0.25) is 5.88 Å². The van der Waals surface area contributed by atoms with Gasteiger partial charge in [-0.1, -0.05) is 0 Å². The predicted octanol–water partition coefficient (Wildman–Crippen LogP) is 2.48. The lowest BCUT2D eigenvalue weighted by atomic mass is 9.79. The van der Waals surface area contributed by atoms with Crippen LogP contribution in [0.1, 0.15) is 37.8 Å². The maximum absolute atomic E-state index is 12.5. The van der Waals surface area contributed by atoms with Crippen molar-refractivity contribution < 1.29 is 9.53 Å². The van der Waals surface area contributed by atoms with E-state index in [1.807, 2.05) is 6.92 Å². The summed E-state index contributed by atoms with van der Waals surface area (Å²) in [5.74, 6) is 0.172. The summed E-state index contributed by atoms with van der Waals surface area (Å²) in [5.41, 5.74) is 7.51. The van der Waals surface area contributed by atoms with Crippen LogP contribution in [0, 0.1) is 11.3 Å². The summed E-state index contributed by atoms with van der Waals surface area (Å²) >= 11 is 3.48. The SMILES string of the molecule is CCn1ncc(Br)c1C1C(C#N)=C(N)OC2=C1C(=O)CCC2. The number of aryl methyl sites for hydroxylation is 1. The molecule has 0 saturated carbocycles. The van der Waals surface area contributed by atoms with Crippen LogP contribution in [-0.4, -0.2) is 15.6 Å². The van der Waals surface area contributed by atoms with Crippen LogP contribution in [0.25, 0.3) is 0 Å². The number of halogens is 1. The number of nitrogens with two attached hydrogens (primary N) is 1. The number of ketones is 1. The number of Topliss-reactive ketones (excluding diaryl/α,β-unsaturated/α-hetero) is 1. The van der Waals surface area contributed by atoms with Gasteiger partial charge in [0.1, 0.15) is 17.4 Å². The van der Waals surface area contributed by atoms with E-state index in [1.54, 1.807) is 10.9 Å². The number of carbonyl (C=O) groups is 1. The van der Waals surface area contributed by atoms with E-state index < -0.39 is 5.92 Å². The number of nitriles is 1. The molecular weight excluding hydrogens is 348 g/mol. The van der Waals surface area contributed by atoms with Gasteiger partial charge in [0.15, 0.2) is 5.78 Å². The summed E-state index contributed by atoms with van der Waals surface area (Å²) in [6, 6.07) is 2.11. The maximum atomic E-state index is 12.5. The minimum Gasteiger partial charge on any atom is -0.444 e. The van der Waals surface area contributed by atoms with Crippen molar-refractivity contribution in [3.63, 3.8) is 0 Å². The van der Waals surface area contributed by atoms with E-state index in [1.165, 1.54) is 0 Å². The topological polar surface area (TPSA) is 93.9 Å². The van der Waals surface area contributed by atoms with Gasteiger partial charge in [-0.3, -0.25) is 9.48 Å². The second-order valence-corrected chi connectivity index (χ2v) is 6.09. The molecule has 0 amide bonds. The van der Waals surface area contributed by atoms with Crippen LogP contribution in [0.4, 0.5) is 0 Å². The Bertz CT molecular complexity index is 754. The molecule has 0 bridgehead atoms. The number of allylic oxidation sites excluding steroid dienone is 3. The van der Waals surface area contributed by atoms with Crippen LogP contribution in [0.15, 0.2) is 33.5 Å². The van der Waals surface area contributed by atoms with Crippen LogP contribution >= 0.6 is 15.9 Å². The zero-order valence-corrected chi connectivity index (χ0v) is 13.7. The molecule has 1 aliphatic carbocycles. The molecule has 1 aliphatic heterocycles. The highest BCUT2D eigenvalue weighted by molar-refractivity contribution is 9.10. The Morgan fingerprint density at radius 3 is 3.05 bits per heavy atom. The van der Waals surface area contributed by atoms with E-state index in [-0.39, 0.29) is 17.2 Å². The molecule has 0 spiro atoms. The van der Waals surface area contributed by atoms with Crippen LogP contribution in [0.5, 0.6) is 0 Å². The van der Waals surface area contributed by atoms with E-state index in [9.17, 15) is 10.1 Å². The highest BCUT2D eigenvalue weighted by Gasteiger charge is 2.40. The Morgan fingerprint density at radius 1 is 1.59 bits per heavy atom. The lowest BCUT2D eigenvalue weighted by Gasteiger charge is -2.31. The summed E-state index contributed by atoms with van der Waals surface area (Å²) in [4.78, 5) is 12.5. The molecule has 0 aromatic carbocycles. The molecule has 1 aromatic heterocycles. The fraction of sp³-hybridized carbons (Fsp3) is 0.400. The zero-order chi connectivity index (χ0) is 15.9. The highest BCUT2D eigenvalue weighted by atomic mass is 79.9. The van der Waals surface area contributed by atoms with Gasteiger partial charge in [0.05, 0.1) is 22.3 Å². The van der Waals surface area contributed by atoms with Crippen molar-refractivity contribution in [1.82, 2.24) is 9.78 Å². The summed E-state index contributed by atoms with van der Waals surface area (Å²) in [6.45, 7) is 2.59. The van der Waals surface area contributed by atoms with Crippen LogP contribution in [-0.2, 0) is 16.1 Å². The maximum Gasteiger partial charge on any atom is 0.205 e. The number of ether oxygens (including phenoxy) is 1. The first-order chi connectivity index (χ1) is 10.6. The van der Waals surface area contributed by atoms with E-state index in [2.05, 4.69) is 27.1 Å². The van der Waals surface area contributed by atoms with Crippen molar-refractivity contribution in [3.8, 4) is 6.07 Å². The van der Waals surface area contributed by atoms with Crippen molar-refractivity contribution in [1.29, 1.82) is 5.26 Å². The molecule has 0 saturated heterocycles. The monoisotopic (exact) mass is 362 g/mol. The van der Waals surface area contributed by atoms with Gasteiger partial charge in [-0.25, -0.2) is 0 Å². The molecule has 3 rings (SSSR count). The molecule has 7 heteroatoms. The third-order valence-corrected chi connectivity index (χ3v) is 4.62. The first-order valence-electron chi connectivity index (χ1n) is 7.13. The normalized spacial score (nSPS) is 21.5. The van der Waals surface area contributed by atoms with Crippen molar-refractivity contribution in [2.75, 3.05) is 0 Å². The van der Waals surface area contributed by atoms with Gasteiger partial charge in [0.25, 0.3) is 0 Å². The van der Waals surface area contributed by atoms with E-state index in [4.69, 9.17) is 10.5 Å². The van der Waals surface area contributed by atoms with Gasteiger partial charge in [0, 0.05) is 25.0 Å². The van der Waals surface area contributed by atoms with Crippen molar-refractivity contribution in [3.05, 3.63) is 39.2 Å². The first-order valence-corrected chi connectivity index (χ1v) is 7.92. The Labute approximate surface area is 136 Å². The predicted molar refractivity (Wildman–Crippen MR) is 82.1 cm³/mol. The summed E-state index contributed by atoms with van der Waals surface area (Å²) in [5, 5.41) is 13.8. The molecule has 2 aliphatic rings.